The highest BCUT2D eigenvalue weighted by Crippen LogP contribution is 2.40. The van der Waals surface area contributed by atoms with Crippen LogP contribution in [0, 0.1) is 5.92 Å². The number of benzene rings is 1. The number of hydrogen-bond acceptors (Lipinski definition) is 3. The van der Waals surface area contributed by atoms with Gasteiger partial charge in [-0.2, -0.15) is 0 Å². The van der Waals surface area contributed by atoms with Gasteiger partial charge in [0.1, 0.15) is 0 Å². The summed E-state index contributed by atoms with van der Waals surface area (Å²) in [5.74, 6) is 0.438. The zero-order valence-electron chi connectivity index (χ0n) is 11.7. The van der Waals surface area contributed by atoms with E-state index in [2.05, 4.69) is 4.72 Å². The average Bonchev–Trinajstić information content (AvgIpc) is 3.11. The Bertz CT molecular complexity index is 575. The van der Waals surface area contributed by atoms with Gasteiger partial charge in [-0.05, 0) is 56.7 Å². The molecule has 0 unspecified atom stereocenters. The number of sulfonamides is 1. The second-order valence-electron chi connectivity index (χ2n) is 5.82. The van der Waals surface area contributed by atoms with Gasteiger partial charge >= 0.3 is 0 Å². The molecule has 1 aliphatic rings. The number of rotatable bonds is 5. The molecule has 0 aliphatic heterocycles. The third kappa shape index (κ3) is 3.09. The average molecular weight is 282 g/mol. The molecule has 1 saturated carbocycles. The van der Waals surface area contributed by atoms with E-state index in [0.717, 1.165) is 18.4 Å². The van der Waals surface area contributed by atoms with Gasteiger partial charge < -0.3 is 5.73 Å². The van der Waals surface area contributed by atoms with Gasteiger partial charge in [0.05, 0.1) is 4.90 Å². The maximum Gasteiger partial charge on any atom is 0.241 e. The first kappa shape index (κ1) is 14.3. The highest BCUT2D eigenvalue weighted by atomic mass is 32.2. The molecular weight excluding hydrogens is 260 g/mol. The number of nitrogens with two attached hydrogens (primary N) is 1. The molecule has 0 atom stereocenters. The maximum absolute atomic E-state index is 12.5. The van der Waals surface area contributed by atoms with Crippen LogP contribution in [0.25, 0.3) is 0 Å². The van der Waals surface area contributed by atoms with Crippen molar-refractivity contribution in [3.05, 3.63) is 23.8 Å². The summed E-state index contributed by atoms with van der Waals surface area (Å²) >= 11 is 0. The lowest BCUT2D eigenvalue weighted by Gasteiger charge is -2.26. The third-order valence-corrected chi connectivity index (χ3v) is 5.51. The van der Waals surface area contributed by atoms with Crippen molar-refractivity contribution in [1.29, 1.82) is 0 Å². The summed E-state index contributed by atoms with van der Waals surface area (Å²) in [5.41, 5.74) is 6.60. The fourth-order valence-electron chi connectivity index (χ4n) is 2.40. The monoisotopic (exact) mass is 282 g/mol. The van der Waals surface area contributed by atoms with E-state index in [1.807, 2.05) is 20.8 Å². The standard InChI is InChI=1S/C14H22N2O2S/c1-4-10-5-8-12(15)9-13(10)19(17,18)16-14(2,3)11-6-7-11/h5,8-9,11,16H,4,6-7,15H2,1-3H3. The van der Waals surface area contributed by atoms with Gasteiger partial charge in [-0.3, -0.25) is 0 Å². The lowest BCUT2D eigenvalue weighted by atomic mass is 10.0. The Morgan fingerprint density at radius 3 is 2.53 bits per heavy atom. The zero-order valence-corrected chi connectivity index (χ0v) is 12.5. The minimum absolute atomic E-state index is 0.309. The molecule has 0 saturated heterocycles. The molecule has 1 aromatic rings. The summed E-state index contributed by atoms with van der Waals surface area (Å²) < 4.78 is 27.9. The summed E-state index contributed by atoms with van der Waals surface area (Å²) in [6.07, 6.45) is 2.85. The quantitative estimate of drug-likeness (QED) is 0.814. The molecule has 0 heterocycles. The van der Waals surface area contributed by atoms with Gasteiger partial charge in [-0.15, -0.1) is 0 Å². The van der Waals surface area contributed by atoms with Crippen molar-refractivity contribution < 1.29 is 8.42 Å². The molecule has 2 rings (SSSR count). The minimum atomic E-state index is -3.52. The van der Waals surface area contributed by atoms with Crippen LogP contribution in [0.5, 0.6) is 0 Å². The van der Waals surface area contributed by atoms with Crippen LogP contribution in [0.15, 0.2) is 23.1 Å². The maximum atomic E-state index is 12.5. The second kappa shape index (κ2) is 4.80. The van der Waals surface area contributed by atoms with Crippen LogP contribution >= 0.6 is 0 Å². The van der Waals surface area contributed by atoms with Gasteiger partial charge in [-0.1, -0.05) is 13.0 Å². The van der Waals surface area contributed by atoms with E-state index in [1.54, 1.807) is 18.2 Å². The fourth-order valence-corrected chi connectivity index (χ4v) is 4.22. The van der Waals surface area contributed by atoms with Crippen molar-refractivity contribution >= 4 is 15.7 Å². The summed E-state index contributed by atoms with van der Waals surface area (Å²) in [5, 5.41) is 0. The van der Waals surface area contributed by atoms with E-state index >= 15 is 0 Å². The van der Waals surface area contributed by atoms with Gasteiger partial charge in [0, 0.05) is 11.2 Å². The first-order chi connectivity index (χ1) is 8.76. The summed E-state index contributed by atoms with van der Waals surface area (Å²) in [4.78, 5) is 0.309. The predicted molar refractivity (Wildman–Crippen MR) is 77.4 cm³/mol. The minimum Gasteiger partial charge on any atom is -0.399 e. The molecule has 1 aromatic carbocycles. The van der Waals surface area contributed by atoms with Crippen LogP contribution in [0.2, 0.25) is 0 Å². The third-order valence-electron chi connectivity index (χ3n) is 3.76. The fraction of sp³-hybridized carbons (Fsp3) is 0.571. The zero-order chi connectivity index (χ0) is 14.3. The Kier molecular flexibility index (Phi) is 3.62. The summed E-state index contributed by atoms with van der Waals surface area (Å²) in [6.45, 7) is 5.83. The molecule has 0 amide bonds. The van der Waals surface area contributed by atoms with Crippen molar-refractivity contribution in [2.75, 3.05) is 5.73 Å². The molecule has 3 N–H and O–H groups in total. The van der Waals surface area contributed by atoms with E-state index < -0.39 is 15.6 Å². The molecule has 19 heavy (non-hydrogen) atoms. The van der Waals surface area contributed by atoms with E-state index in [4.69, 9.17) is 5.73 Å². The number of hydrogen-bond donors (Lipinski definition) is 2. The topological polar surface area (TPSA) is 72.2 Å². The molecule has 0 spiro atoms. The SMILES string of the molecule is CCc1ccc(N)cc1S(=O)(=O)NC(C)(C)C1CC1. The Morgan fingerprint density at radius 1 is 1.37 bits per heavy atom. The number of nitrogen functional groups attached to an aromatic ring is 1. The molecule has 1 aliphatic carbocycles. The molecule has 0 aromatic heterocycles. The first-order valence-corrected chi connectivity index (χ1v) is 8.17. The predicted octanol–water partition coefficient (Wildman–Crippen LogP) is 2.30. The molecule has 0 radical (unpaired) electrons. The Labute approximate surface area is 115 Å². The van der Waals surface area contributed by atoms with Crippen LogP contribution in [-0.2, 0) is 16.4 Å². The van der Waals surface area contributed by atoms with Crippen LogP contribution in [0.4, 0.5) is 5.69 Å². The molecule has 1 fully saturated rings. The normalized spacial score (nSPS) is 16.6. The number of anilines is 1. The molecule has 0 bridgehead atoms. The molecule has 5 heteroatoms. The summed E-state index contributed by atoms with van der Waals surface area (Å²) in [7, 11) is -3.52. The van der Waals surface area contributed by atoms with E-state index in [1.165, 1.54) is 0 Å². The van der Waals surface area contributed by atoms with Crippen LogP contribution in [-0.4, -0.2) is 14.0 Å². The van der Waals surface area contributed by atoms with Crippen LogP contribution in [0.1, 0.15) is 39.2 Å². The van der Waals surface area contributed by atoms with Gasteiger partial charge in [-0.25, -0.2) is 13.1 Å². The van der Waals surface area contributed by atoms with E-state index in [9.17, 15) is 8.42 Å². The van der Waals surface area contributed by atoms with Crippen molar-refractivity contribution in [3.63, 3.8) is 0 Å². The summed E-state index contributed by atoms with van der Waals surface area (Å²) in [6, 6.07) is 5.07. The second-order valence-corrected chi connectivity index (χ2v) is 7.47. The lowest BCUT2D eigenvalue weighted by molar-refractivity contribution is 0.400. The first-order valence-electron chi connectivity index (χ1n) is 6.68. The molecular formula is C14H22N2O2S. The number of nitrogens with one attached hydrogen (secondary N) is 1. The molecule has 106 valence electrons. The van der Waals surface area contributed by atoms with Gasteiger partial charge in [0.15, 0.2) is 0 Å². The van der Waals surface area contributed by atoms with Crippen LogP contribution in [0.3, 0.4) is 0 Å². The van der Waals surface area contributed by atoms with E-state index in [-0.39, 0.29) is 0 Å². The Morgan fingerprint density at radius 2 is 2.00 bits per heavy atom. The number of aryl methyl sites for hydroxylation is 1. The van der Waals surface area contributed by atoms with Crippen molar-refractivity contribution in [2.45, 2.75) is 50.5 Å². The van der Waals surface area contributed by atoms with Crippen molar-refractivity contribution in [1.82, 2.24) is 4.72 Å². The van der Waals surface area contributed by atoms with Gasteiger partial charge in [0.2, 0.25) is 10.0 Å². The van der Waals surface area contributed by atoms with Gasteiger partial charge in [0.25, 0.3) is 0 Å². The lowest BCUT2D eigenvalue weighted by Crippen LogP contribution is -2.45. The highest BCUT2D eigenvalue weighted by Gasteiger charge is 2.40. The Hall–Kier alpha value is -1.07. The van der Waals surface area contributed by atoms with Crippen LogP contribution < -0.4 is 10.5 Å². The van der Waals surface area contributed by atoms with Crippen molar-refractivity contribution in [2.24, 2.45) is 5.92 Å². The molecule has 4 nitrogen and oxygen atoms in total. The highest BCUT2D eigenvalue weighted by molar-refractivity contribution is 7.89. The van der Waals surface area contributed by atoms with E-state index in [0.29, 0.717) is 22.9 Å². The Balaban J connectivity index is 2.36. The van der Waals surface area contributed by atoms with Crippen molar-refractivity contribution in [3.8, 4) is 0 Å². The largest absolute Gasteiger partial charge is 0.399 e. The smallest absolute Gasteiger partial charge is 0.241 e.